The van der Waals surface area contributed by atoms with Crippen molar-refractivity contribution in [3.8, 4) is 22.3 Å². The molecule has 4 aromatic carbocycles. The summed E-state index contributed by atoms with van der Waals surface area (Å²) in [6.07, 6.45) is 1.01. The Labute approximate surface area is 212 Å². The van der Waals surface area contributed by atoms with Gasteiger partial charge in [0, 0.05) is 0 Å². The number of hydrogen-bond donors (Lipinski definition) is 0. The van der Waals surface area contributed by atoms with Gasteiger partial charge in [-0.1, -0.05) is 0 Å². The first kappa shape index (κ1) is 25.0. The molecule has 0 fully saturated rings. The molecule has 0 saturated carbocycles. The number of fused-ring (bicyclic) bond motifs is 4. The van der Waals surface area contributed by atoms with Crippen molar-refractivity contribution in [2.45, 2.75) is 27.2 Å². The molecule has 162 valence electrons. The molecule has 4 aromatic rings. The zero-order chi connectivity index (χ0) is 20.7. The molecular formula is C28H26Cl2OTi. The van der Waals surface area contributed by atoms with Gasteiger partial charge in [0.1, 0.15) is 0 Å². The van der Waals surface area contributed by atoms with Gasteiger partial charge in [-0.3, -0.25) is 0 Å². The first-order chi connectivity index (χ1) is 14.5. The molecule has 1 aliphatic rings. The van der Waals surface area contributed by atoms with Crippen molar-refractivity contribution >= 4 is 14.6 Å². The predicted octanol–water partition coefficient (Wildman–Crippen LogP) is 0.772. The smallest absolute Gasteiger partial charge is 1.00 e. The fraction of sp³-hybridized carbons (Fsp3) is 0.214. The van der Waals surface area contributed by atoms with Crippen molar-refractivity contribution in [1.29, 1.82) is 0 Å². The quantitative estimate of drug-likeness (QED) is 0.334. The fourth-order valence-corrected chi connectivity index (χ4v) is 6.39. The Morgan fingerprint density at radius 2 is 1.38 bits per heavy atom. The van der Waals surface area contributed by atoms with Crippen molar-refractivity contribution in [2.24, 2.45) is 5.41 Å². The van der Waals surface area contributed by atoms with Crippen LogP contribution in [0, 0.1) is 5.41 Å². The van der Waals surface area contributed by atoms with Gasteiger partial charge in [-0.25, -0.2) is 0 Å². The molecule has 0 N–H and O–H groups in total. The van der Waals surface area contributed by atoms with Crippen LogP contribution in [0.4, 0.5) is 0 Å². The van der Waals surface area contributed by atoms with Crippen LogP contribution in [-0.4, -0.2) is 6.61 Å². The molecule has 1 aliphatic carbocycles. The van der Waals surface area contributed by atoms with E-state index in [-0.39, 0.29) is 30.2 Å². The Morgan fingerprint density at radius 1 is 0.719 bits per heavy atom. The molecule has 0 amide bonds. The first-order valence-electron chi connectivity index (χ1n) is 10.6. The van der Waals surface area contributed by atoms with E-state index in [2.05, 4.69) is 99.6 Å². The predicted molar refractivity (Wildman–Crippen MR) is 123 cm³/mol. The molecule has 1 nitrogen and oxygen atoms in total. The number of hydrogen-bond acceptors (Lipinski definition) is 1. The third-order valence-corrected chi connectivity index (χ3v) is 7.36. The van der Waals surface area contributed by atoms with Crippen LogP contribution in [0.15, 0.2) is 78.9 Å². The molecule has 5 rings (SSSR count). The summed E-state index contributed by atoms with van der Waals surface area (Å²) in [7, 11) is 0. The molecule has 0 unspecified atom stereocenters. The second-order valence-corrected chi connectivity index (χ2v) is 10.9. The summed E-state index contributed by atoms with van der Waals surface area (Å²) >= 11 is -0.718. The van der Waals surface area contributed by atoms with Crippen LogP contribution in [-0.2, 0) is 29.3 Å². The minimum atomic E-state index is -0.718. The van der Waals surface area contributed by atoms with Crippen LogP contribution < -0.4 is 28.7 Å². The van der Waals surface area contributed by atoms with Gasteiger partial charge in [0.25, 0.3) is 0 Å². The monoisotopic (exact) mass is 496 g/mol. The standard InChI is InChI=1S/C23H15.C5H11O.2ClH.Ti/c1-2-7-17-14-19(13-12-16(17)6-1)21-10-5-11-22-20-9-4-3-8-18(20)15-23(21)22;1-5(2,3)4-6;;;/h1-13H,15H2;4H2,1-3H3;2*1H;/q;-1;;;+3/p-2. The van der Waals surface area contributed by atoms with E-state index >= 15 is 0 Å². The second-order valence-electron chi connectivity index (χ2n) is 9.33. The van der Waals surface area contributed by atoms with E-state index in [9.17, 15) is 0 Å². The third-order valence-electron chi connectivity index (χ3n) is 5.75. The van der Waals surface area contributed by atoms with E-state index in [1.54, 1.807) is 0 Å². The Kier molecular flexibility index (Phi) is 7.91. The van der Waals surface area contributed by atoms with E-state index in [1.807, 2.05) is 0 Å². The van der Waals surface area contributed by atoms with Crippen LogP contribution in [0.1, 0.15) is 31.9 Å². The number of halogens is 2. The molecule has 0 aliphatic heterocycles. The van der Waals surface area contributed by atoms with Crippen molar-refractivity contribution in [1.82, 2.24) is 0 Å². The zero-order valence-corrected chi connectivity index (χ0v) is 21.7. The van der Waals surface area contributed by atoms with Gasteiger partial charge in [0.05, 0.1) is 0 Å². The van der Waals surface area contributed by atoms with Crippen molar-refractivity contribution < 1.29 is 47.7 Å². The van der Waals surface area contributed by atoms with Gasteiger partial charge in [0.2, 0.25) is 0 Å². The van der Waals surface area contributed by atoms with E-state index in [4.69, 9.17) is 3.32 Å². The molecule has 32 heavy (non-hydrogen) atoms. The Balaban J connectivity index is 0.00000144. The summed E-state index contributed by atoms with van der Waals surface area (Å²) in [5.41, 5.74) is 8.57. The maximum absolute atomic E-state index is 6.36. The summed E-state index contributed by atoms with van der Waals surface area (Å²) in [6, 6.07) is 28.9. The van der Waals surface area contributed by atoms with Gasteiger partial charge in [-0.15, -0.1) is 0 Å². The van der Waals surface area contributed by atoms with Gasteiger partial charge in [-0.05, 0) is 0 Å². The molecule has 0 atom stereocenters. The Morgan fingerprint density at radius 3 is 2.16 bits per heavy atom. The molecule has 0 aromatic heterocycles. The number of benzene rings is 4. The first-order valence-corrected chi connectivity index (χ1v) is 12.0. The van der Waals surface area contributed by atoms with Crippen LogP contribution >= 0.6 is 0 Å². The molecule has 4 heteroatoms. The van der Waals surface area contributed by atoms with E-state index < -0.39 is 19.5 Å². The van der Waals surface area contributed by atoms with Crippen molar-refractivity contribution in [2.75, 3.05) is 6.61 Å². The van der Waals surface area contributed by atoms with E-state index in [0.717, 1.165) is 13.0 Å². The van der Waals surface area contributed by atoms with Gasteiger partial charge < -0.3 is 24.8 Å². The molecule has 0 radical (unpaired) electrons. The maximum Gasteiger partial charge on any atom is -1.00 e. The fourth-order valence-electron chi connectivity index (χ4n) is 4.34. The minimum absolute atomic E-state index is 0. The minimum Gasteiger partial charge on any atom is -1.00 e. The normalized spacial score (nSPS) is 11.7. The zero-order valence-electron chi connectivity index (χ0n) is 18.6. The molecule has 0 heterocycles. The molecule has 0 saturated heterocycles. The van der Waals surface area contributed by atoms with Gasteiger partial charge in [-0.2, -0.15) is 0 Å². The average molecular weight is 497 g/mol. The van der Waals surface area contributed by atoms with E-state index in [0.29, 0.717) is 0 Å². The summed E-state index contributed by atoms with van der Waals surface area (Å²) in [4.78, 5) is 0. The SMILES string of the molecule is CC(C)(C)C[O][Ti+2][c]1c(-c2cccc3c2Cc2ccccc2-3)ccc2ccccc12.[Cl-].[Cl-]. The maximum atomic E-state index is 6.36. The summed E-state index contributed by atoms with van der Waals surface area (Å²) in [5, 5.41) is 2.65. The van der Waals surface area contributed by atoms with Gasteiger partial charge >= 0.3 is 189 Å². The largest absolute Gasteiger partial charge is 1.00 e. The summed E-state index contributed by atoms with van der Waals surface area (Å²) in [6.45, 7) is 7.52. The number of rotatable bonds is 4. The van der Waals surface area contributed by atoms with E-state index in [1.165, 1.54) is 48.0 Å². The molecule has 0 bridgehead atoms. The van der Waals surface area contributed by atoms with Gasteiger partial charge in [0.15, 0.2) is 0 Å². The molecular weight excluding hydrogens is 471 g/mol. The Bertz CT molecular complexity index is 1240. The topological polar surface area (TPSA) is 9.23 Å². The van der Waals surface area contributed by atoms with Crippen LogP contribution in [0.3, 0.4) is 0 Å². The Hall–Kier alpha value is -1.61. The summed E-state index contributed by atoms with van der Waals surface area (Å²) in [5.74, 6) is 0. The summed E-state index contributed by atoms with van der Waals surface area (Å²) < 4.78 is 7.78. The van der Waals surface area contributed by atoms with Crippen LogP contribution in [0.2, 0.25) is 0 Å². The molecule has 0 spiro atoms. The van der Waals surface area contributed by atoms with Crippen LogP contribution in [0.5, 0.6) is 0 Å². The van der Waals surface area contributed by atoms with Crippen molar-refractivity contribution in [3.63, 3.8) is 0 Å². The second kappa shape index (κ2) is 10.1. The average Bonchev–Trinajstić information content (AvgIpc) is 3.12. The third kappa shape index (κ3) is 4.83. The van der Waals surface area contributed by atoms with Crippen LogP contribution in [0.25, 0.3) is 33.0 Å². The van der Waals surface area contributed by atoms with Crippen molar-refractivity contribution in [3.05, 3.63) is 90.0 Å².